The predicted octanol–water partition coefficient (Wildman–Crippen LogP) is 1.17. The number of anilines is 1. The standard InChI is InChI=1S/C11H15N5/c1-8(6-7-12)13-11-14-9-4-2-3-5-10(9)15-16-11/h2-5,8H,6-7,12H2,1H3,(H,13,14,16). The van der Waals surface area contributed by atoms with Gasteiger partial charge in [-0.05, 0) is 32.0 Å². The van der Waals surface area contributed by atoms with E-state index in [2.05, 4.69) is 20.5 Å². The van der Waals surface area contributed by atoms with Crippen LogP contribution in [-0.4, -0.2) is 27.8 Å². The Bertz CT molecular complexity index is 471. The molecule has 0 bridgehead atoms. The molecule has 0 radical (unpaired) electrons. The average Bonchev–Trinajstić information content (AvgIpc) is 2.29. The zero-order valence-corrected chi connectivity index (χ0v) is 9.22. The van der Waals surface area contributed by atoms with Crippen molar-refractivity contribution in [2.75, 3.05) is 11.9 Å². The first-order valence-corrected chi connectivity index (χ1v) is 5.35. The first kappa shape index (κ1) is 10.8. The SMILES string of the molecule is CC(CCN)Nc1nnc2ccccc2n1. The lowest BCUT2D eigenvalue weighted by molar-refractivity contribution is 0.707. The van der Waals surface area contributed by atoms with Crippen LogP contribution in [0.4, 0.5) is 5.95 Å². The van der Waals surface area contributed by atoms with Crippen LogP contribution in [0.25, 0.3) is 11.0 Å². The van der Waals surface area contributed by atoms with Crippen molar-refractivity contribution in [1.29, 1.82) is 0 Å². The number of aromatic nitrogens is 3. The molecule has 1 unspecified atom stereocenters. The Morgan fingerprint density at radius 1 is 1.25 bits per heavy atom. The van der Waals surface area contributed by atoms with E-state index in [1.807, 2.05) is 31.2 Å². The molecular weight excluding hydrogens is 202 g/mol. The normalized spacial score (nSPS) is 12.6. The molecule has 5 heteroatoms. The van der Waals surface area contributed by atoms with E-state index in [4.69, 9.17) is 5.73 Å². The van der Waals surface area contributed by atoms with Gasteiger partial charge in [-0.3, -0.25) is 0 Å². The van der Waals surface area contributed by atoms with Gasteiger partial charge in [0.05, 0.1) is 5.52 Å². The molecule has 1 heterocycles. The largest absolute Gasteiger partial charge is 0.350 e. The number of nitrogens with zero attached hydrogens (tertiary/aromatic N) is 3. The van der Waals surface area contributed by atoms with Crippen LogP contribution in [0.2, 0.25) is 0 Å². The van der Waals surface area contributed by atoms with Gasteiger partial charge in [0, 0.05) is 6.04 Å². The number of hydrogen-bond acceptors (Lipinski definition) is 5. The number of nitrogens with one attached hydrogen (secondary N) is 1. The molecule has 16 heavy (non-hydrogen) atoms. The molecule has 0 aliphatic carbocycles. The highest BCUT2D eigenvalue weighted by Gasteiger charge is 2.04. The molecule has 0 amide bonds. The zero-order valence-electron chi connectivity index (χ0n) is 9.22. The van der Waals surface area contributed by atoms with Crippen LogP contribution in [0.1, 0.15) is 13.3 Å². The number of hydrogen-bond donors (Lipinski definition) is 2. The molecule has 3 N–H and O–H groups in total. The van der Waals surface area contributed by atoms with Crippen molar-refractivity contribution in [1.82, 2.24) is 15.2 Å². The summed E-state index contributed by atoms with van der Waals surface area (Å²) in [7, 11) is 0. The molecule has 5 nitrogen and oxygen atoms in total. The summed E-state index contributed by atoms with van der Waals surface area (Å²) in [5, 5.41) is 11.3. The van der Waals surface area contributed by atoms with Crippen molar-refractivity contribution in [2.45, 2.75) is 19.4 Å². The zero-order chi connectivity index (χ0) is 11.4. The molecule has 0 saturated heterocycles. The van der Waals surface area contributed by atoms with Gasteiger partial charge in [0.25, 0.3) is 0 Å². The Morgan fingerprint density at radius 3 is 2.75 bits per heavy atom. The molecule has 84 valence electrons. The molecule has 2 rings (SSSR count). The summed E-state index contributed by atoms with van der Waals surface area (Å²) < 4.78 is 0. The van der Waals surface area contributed by atoms with Gasteiger partial charge in [0.1, 0.15) is 5.52 Å². The second-order valence-corrected chi connectivity index (χ2v) is 3.75. The summed E-state index contributed by atoms with van der Waals surface area (Å²) in [5.74, 6) is 0.555. The van der Waals surface area contributed by atoms with Crippen molar-refractivity contribution in [2.24, 2.45) is 5.73 Å². The number of nitrogens with two attached hydrogens (primary N) is 1. The quantitative estimate of drug-likeness (QED) is 0.804. The van der Waals surface area contributed by atoms with Gasteiger partial charge in [-0.2, -0.15) is 0 Å². The highest BCUT2D eigenvalue weighted by atomic mass is 15.2. The van der Waals surface area contributed by atoms with Crippen LogP contribution in [-0.2, 0) is 0 Å². The van der Waals surface area contributed by atoms with Gasteiger partial charge in [0.15, 0.2) is 0 Å². The van der Waals surface area contributed by atoms with Crippen LogP contribution < -0.4 is 11.1 Å². The summed E-state index contributed by atoms with van der Waals surface area (Å²) in [6.45, 7) is 2.70. The highest BCUT2D eigenvalue weighted by molar-refractivity contribution is 5.74. The number of fused-ring (bicyclic) bond motifs is 1. The highest BCUT2D eigenvalue weighted by Crippen LogP contribution is 2.09. The fraction of sp³-hybridized carbons (Fsp3) is 0.364. The van der Waals surface area contributed by atoms with Gasteiger partial charge in [-0.15, -0.1) is 10.2 Å². The van der Waals surface area contributed by atoms with Crippen molar-refractivity contribution in [3.8, 4) is 0 Å². The molecule has 2 aromatic rings. The van der Waals surface area contributed by atoms with E-state index in [-0.39, 0.29) is 6.04 Å². The maximum atomic E-state index is 5.48. The number of rotatable bonds is 4. The minimum Gasteiger partial charge on any atom is -0.350 e. The van der Waals surface area contributed by atoms with E-state index < -0.39 is 0 Å². The Hall–Kier alpha value is -1.75. The van der Waals surface area contributed by atoms with Gasteiger partial charge in [0.2, 0.25) is 5.95 Å². The first-order chi connectivity index (χ1) is 7.79. The first-order valence-electron chi connectivity index (χ1n) is 5.35. The minimum absolute atomic E-state index is 0.257. The number of para-hydroxylation sites is 1. The lowest BCUT2D eigenvalue weighted by Gasteiger charge is -2.11. The molecule has 0 aliphatic rings. The topological polar surface area (TPSA) is 76.7 Å². The van der Waals surface area contributed by atoms with E-state index in [9.17, 15) is 0 Å². The average molecular weight is 217 g/mol. The third kappa shape index (κ3) is 2.43. The van der Waals surface area contributed by atoms with E-state index >= 15 is 0 Å². The Labute approximate surface area is 94.1 Å². The van der Waals surface area contributed by atoms with Crippen LogP contribution in [0.3, 0.4) is 0 Å². The van der Waals surface area contributed by atoms with Gasteiger partial charge in [-0.25, -0.2) is 4.98 Å². The van der Waals surface area contributed by atoms with Crippen molar-refractivity contribution >= 4 is 17.0 Å². The lowest BCUT2D eigenvalue weighted by atomic mass is 10.2. The summed E-state index contributed by atoms with van der Waals surface area (Å²) in [6.07, 6.45) is 0.885. The van der Waals surface area contributed by atoms with Crippen LogP contribution in [0, 0.1) is 0 Å². The summed E-state index contributed by atoms with van der Waals surface area (Å²) in [6, 6.07) is 7.92. The van der Waals surface area contributed by atoms with Crippen LogP contribution >= 0.6 is 0 Å². The minimum atomic E-state index is 0.257. The van der Waals surface area contributed by atoms with E-state index in [0.29, 0.717) is 12.5 Å². The fourth-order valence-electron chi connectivity index (χ4n) is 1.48. The molecular formula is C11H15N5. The van der Waals surface area contributed by atoms with E-state index in [0.717, 1.165) is 17.5 Å². The van der Waals surface area contributed by atoms with Crippen LogP contribution in [0.15, 0.2) is 24.3 Å². The van der Waals surface area contributed by atoms with E-state index in [1.54, 1.807) is 0 Å². The molecule has 1 atom stereocenters. The van der Waals surface area contributed by atoms with Gasteiger partial charge >= 0.3 is 0 Å². The maximum absolute atomic E-state index is 5.48. The summed E-state index contributed by atoms with van der Waals surface area (Å²) >= 11 is 0. The molecule has 0 aliphatic heterocycles. The molecule has 0 saturated carbocycles. The molecule has 1 aromatic carbocycles. The smallest absolute Gasteiger partial charge is 0.243 e. The fourth-order valence-corrected chi connectivity index (χ4v) is 1.48. The monoisotopic (exact) mass is 217 g/mol. The maximum Gasteiger partial charge on any atom is 0.243 e. The molecule has 0 fully saturated rings. The van der Waals surface area contributed by atoms with Crippen molar-refractivity contribution in [3.05, 3.63) is 24.3 Å². The Balaban J connectivity index is 2.19. The Kier molecular flexibility index (Phi) is 3.26. The predicted molar refractivity (Wildman–Crippen MR) is 64.1 cm³/mol. The Morgan fingerprint density at radius 2 is 2.00 bits per heavy atom. The third-order valence-corrected chi connectivity index (χ3v) is 2.34. The van der Waals surface area contributed by atoms with Crippen molar-refractivity contribution in [3.63, 3.8) is 0 Å². The second-order valence-electron chi connectivity index (χ2n) is 3.75. The number of benzene rings is 1. The van der Waals surface area contributed by atoms with E-state index in [1.165, 1.54) is 0 Å². The molecule has 1 aromatic heterocycles. The second kappa shape index (κ2) is 4.85. The third-order valence-electron chi connectivity index (χ3n) is 2.34. The summed E-state index contributed by atoms with van der Waals surface area (Å²) in [5.41, 5.74) is 7.13. The summed E-state index contributed by atoms with van der Waals surface area (Å²) in [4.78, 5) is 4.37. The van der Waals surface area contributed by atoms with Gasteiger partial charge in [-0.1, -0.05) is 12.1 Å². The molecule has 0 spiro atoms. The van der Waals surface area contributed by atoms with Crippen LogP contribution in [0.5, 0.6) is 0 Å². The van der Waals surface area contributed by atoms with Gasteiger partial charge < -0.3 is 11.1 Å². The lowest BCUT2D eigenvalue weighted by Crippen LogP contribution is -2.21. The van der Waals surface area contributed by atoms with Crippen molar-refractivity contribution < 1.29 is 0 Å².